The molecular weight excluding hydrogens is 278 g/mol. The van der Waals surface area contributed by atoms with Crippen LogP contribution in [0.15, 0.2) is 84.9 Å². The molecule has 0 unspecified atom stereocenters. The van der Waals surface area contributed by atoms with Crippen molar-refractivity contribution < 1.29 is 0 Å². The van der Waals surface area contributed by atoms with Crippen LogP contribution >= 0.6 is 0 Å². The SMILES string of the molecule is CCc1ccccc1C.CN(c1ccccc1)c1ccccc1. The molecule has 0 bridgehead atoms. The third kappa shape index (κ3) is 5.00. The van der Waals surface area contributed by atoms with Crippen molar-refractivity contribution in [1.29, 1.82) is 0 Å². The minimum absolute atomic E-state index is 1.15. The molecule has 3 aromatic carbocycles. The molecule has 118 valence electrons. The summed E-state index contributed by atoms with van der Waals surface area (Å²) in [5.41, 5.74) is 5.27. The third-order valence-electron chi connectivity index (χ3n) is 3.93. The highest BCUT2D eigenvalue weighted by Gasteiger charge is 2.00. The molecule has 0 saturated carbocycles. The van der Waals surface area contributed by atoms with E-state index >= 15 is 0 Å². The van der Waals surface area contributed by atoms with Gasteiger partial charge in [0.05, 0.1) is 0 Å². The van der Waals surface area contributed by atoms with Gasteiger partial charge >= 0.3 is 0 Å². The van der Waals surface area contributed by atoms with E-state index in [2.05, 4.69) is 98.6 Å². The predicted octanol–water partition coefficient (Wildman–Crippen LogP) is 6.01. The molecule has 1 heteroatoms. The van der Waals surface area contributed by atoms with Gasteiger partial charge in [0.1, 0.15) is 0 Å². The molecule has 1 nitrogen and oxygen atoms in total. The zero-order valence-corrected chi connectivity index (χ0v) is 14.2. The fourth-order valence-electron chi connectivity index (χ4n) is 2.46. The largest absolute Gasteiger partial charge is 0.345 e. The molecule has 0 fully saturated rings. The van der Waals surface area contributed by atoms with Crippen molar-refractivity contribution in [1.82, 2.24) is 0 Å². The number of hydrogen-bond donors (Lipinski definition) is 0. The van der Waals surface area contributed by atoms with Gasteiger partial charge in [0, 0.05) is 18.4 Å². The Balaban J connectivity index is 0.000000185. The summed E-state index contributed by atoms with van der Waals surface area (Å²) in [7, 11) is 2.07. The first-order chi connectivity index (χ1) is 11.2. The van der Waals surface area contributed by atoms with Crippen molar-refractivity contribution >= 4 is 11.4 Å². The number of aryl methyl sites for hydroxylation is 2. The summed E-state index contributed by atoms with van der Waals surface area (Å²) in [6, 6.07) is 29.2. The molecular formula is C22H25N. The Kier molecular flexibility index (Phi) is 6.43. The number of anilines is 2. The van der Waals surface area contributed by atoms with Crippen molar-refractivity contribution in [2.75, 3.05) is 11.9 Å². The monoisotopic (exact) mass is 303 g/mol. The molecule has 0 aliphatic rings. The number of para-hydroxylation sites is 2. The average Bonchev–Trinajstić information content (AvgIpc) is 2.63. The van der Waals surface area contributed by atoms with E-state index in [1.807, 2.05) is 12.1 Å². The Bertz CT molecular complexity index is 650. The van der Waals surface area contributed by atoms with E-state index in [0.717, 1.165) is 6.42 Å². The van der Waals surface area contributed by atoms with Gasteiger partial charge in [-0.1, -0.05) is 67.6 Å². The Morgan fingerprint density at radius 1 is 0.652 bits per heavy atom. The van der Waals surface area contributed by atoms with Gasteiger partial charge in [0.15, 0.2) is 0 Å². The summed E-state index contributed by atoms with van der Waals surface area (Å²) in [4.78, 5) is 2.17. The van der Waals surface area contributed by atoms with Crippen LogP contribution in [0.2, 0.25) is 0 Å². The quantitative estimate of drug-likeness (QED) is 0.572. The fraction of sp³-hybridized carbons (Fsp3) is 0.182. The molecule has 0 spiro atoms. The molecule has 3 aromatic rings. The lowest BCUT2D eigenvalue weighted by Crippen LogP contribution is -2.08. The summed E-state index contributed by atoms with van der Waals surface area (Å²) >= 11 is 0. The highest BCUT2D eigenvalue weighted by atomic mass is 15.1. The first kappa shape index (κ1) is 16.8. The van der Waals surface area contributed by atoms with Gasteiger partial charge in [-0.25, -0.2) is 0 Å². The van der Waals surface area contributed by atoms with Gasteiger partial charge < -0.3 is 4.90 Å². The van der Waals surface area contributed by atoms with Crippen molar-refractivity contribution in [2.24, 2.45) is 0 Å². The van der Waals surface area contributed by atoms with Gasteiger partial charge in [-0.2, -0.15) is 0 Å². The second-order valence-electron chi connectivity index (χ2n) is 5.51. The van der Waals surface area contributed by atoms with Gasteiger partial charge in [-0.05, 0) is 48.7 Å². The summed E-state index contributed by atoms with van der Waals surface area (Å²) in [5.74, 6) is 0. The average molecular weight is 303 g/mol. The maximum Gasteiger partial charge on any atom is 0.0408 e. The Morgan fingerprint density at radius 3 is 1.48 bits per heavy atom. The standard InChI is InChI=1S/C13H13N.C9H12/c1-14(12-8-4-2-5-9-12)13-10-6-3-7-11-13;1-3-9-7-5-4-6-8(9)2/h2-11H,1H3;4-7H,3H2,1-2H3. The highest BCUT2D eigenvalue weighted by molar-refractivity contribution is 5.61. The van der Waals surface area contributed by atoms with Crippen molar-refractivity contribution in [3.8, 4) is 0 Å². The normalized spacial score (nSPS) is 9.70. The van der Waals surface area contributed by atoms with E-state index in [9.17, 15) is 0 Å². The van der Waals surface area contributed by atoms with E-state index in [4.69, 9.17) is 0 Å². The van der Waals surface area contributed by atoms with Crippen LogP contribution in [0.5, 0.6) is 0 Å². The highest BCUT2D eigenvalue weighted by Crippen LogP contribution is 2.21. The van der Waals surface area contributed by atoms with Crippen molar-refractivity contribution in [3.63, 3.8) is 0 Å². The van der Waals surface area contributed by atoms with Gasteiger partial charge in [0.2, 0.25) is 0 Å². The minimum atomic E-state index is 1.15. The molecule has 0 heterocycles. The molecule has 0 aromatic heterocycles. The molecule has 0 saturated heterocycles. The zero-order valence-electron chi connectivity index (χ0n) is 14.2. The maximum atomic E-state index is 2.18. The molecule has 0 aliphatic carbocycles. The molecule has 3 rings (SSSR count). The van der Waals surface area contributed by atoms with Crippen LogP contribution in [0.1, 0.15) is 18.1 Å². The summed E-state index contributed by atoms with van der Waals surface area (Å²) in [6.07, 6.45) is 1.15. The Morgan fingerprint density at radius 2 is 1.09 bits per heavy atom. The Labute approximate surface area is 140 Å². The first-order valence-corrected chi connectivity index (χ1v) is 8.10. The predicted molar refractivity (Wildman–Crippen MR) is 102 cm³/mol. The first-order valence-electron chi connectivity index (χ1n) is 8.10. The van der Waals surface area contributed by atoms with Gasteiger partial charge in [0.25, 0.3) is 0 Å². The van der Waals surface area contributed by atoms with E-state index in [1.165, 1.54) is 22.5 Å². The maximum absolute atomic E-state index is 2.18. The van der Waals surface area contributed by atoms with E-state index in [0.29, 0.717) is 0 Å². The van der Waals surface area contributed by atoms with Crippen molar-refractivity contribution in [3.05, 3.63) is 96.1 Å². The van der Waals surface area contributed by atoms with Crippen LogP contribution in [-0.2, 0) is 6.42 Å². The van der Waals surface area contributed by atoms with Crippen LogP contribution in [0.25, 0.3) is 0 Å². The van der Waals surface area contributed by atoms with Crippen LogP contribution in [0.4, 0.5) is 11.4 Å². The van der Waals surface area contributed by atoms with E-state index < -0.39 is 0 Å². The summed E-state index contributed by atoms with van der Waals surface area (Å²) in [6.45, 7) is 4.33. The zero-order chi connectivity index (χ0) is 16.5. The molecule has 0 N–H and O–H groups in total. The fourth-order valence-corrected chi connectivity index (χ4v) is 2.46. The van der Waals surface area contributed by atoms with Crippen LogP contribution < -0.4 is 4.90 Å². The summed E-state index contributed by atoms with van der Waals surface area (Å²) in [5, 5.41) is 0. The minimum Gasteiger partial charge on any atom is -0.345 e. The summed E-state index contributed by atoms with van der Waals surface area (Å²) < 4.78 is 0. The third-order valence-corrected chi connectivity index (χ3v) is 3.93. The number of rotatable bonds is 3. The molecule has 0 aliphatic heterocycles. The topological polar surface area (TPSA) is 3.24 Å². The van der Waals surface area contributed by atoms with E-state index in [-0.39, 0.29) is 0 Å². The van der Waals surface area contributed by atoms with Crippen LogP contribution in [-0.4, -0.2) is 7.05 Å². The number of benzene rings is 3. The molecule has 0 amide bonds. The number of hydrogen-bond acceptors (Lipinski definition) is 1. The van der Waals surface area contributed by atoms with Crippen molar-refractivity contribution in [2.45, 2.75) is 20.3 Å². The smallest absolute Gasteiger partial charge is 0.0408 e. The molecule has 23 heavy (non-hydrogen) atoms. The number of nitrogens with zero attached hydrogens (tertiary/aromatic N) is 1. The molecule has 0 atom stereocenters. The second kappa shape index (κ2) is 8.79. The van der Waals surface area contributed by atoms with Gasteiger partial charge in [-0.3, -0.25) is 0 Å². The lowest BCUT2D eigenvalue weighted by Gasteiger charge is -2.18. The Hall–Kier alpha value is -2.54. The van der Waals surface area contributed by atoms with Crippen LogP contribution in [0, 0.1) is 6.92 Å². The molecule has 0 radical (unpaired) electrons. The van der Waals surface area contributed by atoms with Crippen LogP contribution in [0.3, 0.4) is 0 Å². The van der Waals surface area contributed by atoms with E-state index in [1.54, 1.807) is 0 Å². The lowest BCUT2D eigenvalue weighted by atomic mass is 10.1. The van der Waals surface area contributed by atoms with Gasteiger partial charge in [-0.15, -0.1) is 0 Å². The lowest BCUT2D eigenvalue weighted by molar-refractivity contribution is 1.11. The second-order valence-corrected chi connectivity index (χ2v) is 5.51.